The van der Waals surface area contributed by atoms with E-state index in [4.69, 9.17) is 10.4 Å². The molecule has 1 unspecified atom stereocenters. The normalized spacial score (nSPS) is 17.2. The molecule has 0 fully saturated rings. The van der Waals surface area contributed by atoms with Crippen molar-refractivity contribution in [2.75, 3.05) is 6.54 Å². The average Bonchev–Trinajstić information content (AvgIpc) is 2.41. The lowest BCUT2D eigenvalue weighted by Gasteiger charge is -2.34. The smallest absolute Gasteiger partial charge is 0.341 e. The van der Waals surface area contributed by atoms with Crippen molar-refractivity contribution >= 4 is 11.9 Å². The largest absolute Gasteiger partial charge is 0.503 e. The minimum Gasteiger partial charge on any atom is -0.503 e. The van der Waals surface area contributed by atoms with Gasteiger partial charge in [0.1, 0.15) is 11.8 Å². The number of rotatable bonds is 3. The summed E-state index contributed by atoms with van der Waals surface area (Å²) in [6.45, 7) is -0.272. The van der Waals surface area contributed by atoms with E-state index in [0.29, 0.717) is 0 Å². The number of carboxylic acid groups (broad SMARTS) is 1. The van der Waals surface area contributed by atoms with Crippen molar-refractivity contribution in [2.45, 2.75) is 19.2 Å². The van der Waals surface area contributed by atoms with Gasteiger partial charge in [-0.3, -0.25) is 9.59 Å². The first-order chi connectivity index (χ1) is 9.88. The average molecular weight is 293 g/mol. The Labute approximate surface area is 117 Å². The summed E-state index contributed by atoms with van der Waals surface area (Å²) in [5.74, 6) is -3.36. The number of nitrogens with zero attached hydrogens (tertiary/aromatic N) is 3. The number of carbonyl (C=O) groups excluding carboxylic acids is 1. The molecule has 0 aromatic carbocycles. The Morgan fingerprint density at radius 1 is 1.48 bits per heavy atom. The first-order valence-electron chi connectivity index (χ1n) is 5.94. The lowest BCUT2D eigenvalue weighted by Crippen LogP contribution is -2.49. The Bertz CT molecular complexity index is 717. The summed E-state index contributed by atoms with van der Waals surface area (Å²) in [4.78, 5) is 35.7. The van der Waals surface area contributed by atoms with Gasteiger partial charge in [-0.2, -0.15) is 5.26 Å². The highest BCUT2D eigenvalue weighted by atomic mass is 16.4. The van der Waals surface area contributed by atoms with E-state index in [1.807, 2.05) is 6.07 Å². The van der Waals surface area contributed by atoms with Crippen LogP contribution in [0.2, 0.25) is 0 Å². The summed E-state index contributed by atoms with van der Waals surface area (Å²) in [7, 11) is 0. The number of fused-ring (bicyclic) bond motifs is 1. The fourth-order valence-electron chi connectivity index (χ4n) is 2.14. The number of aromatic carboxylic acids is 1. The Morgan fingerprint density at radius 3 is 2.71 bits per heavy atom. The number of hydrogen-bond donors (Lipinski definition) is 3. The quantitative estimate of drug-likeness (QED) is 0.644. The van der Waals surface area contributed by atoms with Gasteiger partial charge in [0.15, 0.2) is 11.4 Å². The Morgan fingerprint density at radius 2 is 2.14 bits per heavy atom. The zero-order valence-corrected chi connectivity index (χ0v) is 10.7. The number of aromatic nitrogens is 1. The summed E-state index contributed by atoms with van der Waals surface area (Å²) in [5, 5.41) is 37.0. The number of aliphatic hydroxyl groups is 1. The van der Waals surface area contributed by atoms with Gasteiger partial charge in [-0.05, 0) is 0 Å². The van der Waals surface area contributed by atoms with E-state index in [9.17, 15) is 24.6 Å². The molecule has 0 aliphatic carbocycles. The molecule has 1 aliphatic rings. The second-order valence-electron chi connectivity index (χ2n) is 4.41. The molecule has 3 N–H and O–H groups in total. The monoisotopic (exact) mass is 293 g/mol. The van der Waals surface area contributed by atoms with Crippen LogP contribution in [0.3, 0.4) is 0 Å². The number of nitriles is 1. The SMILES string of the molecule is N#CCCN1C(=O)c2c(O)c(=O)c(C(=O)O)cn2CC1O. The molecule has 0 spiro atoms. The Kier molecular flexibility index (Phi) is 3.64. The zero-order chi connectivity index (χ0) is 15.7. The Hall–Kier alpha value is -2.86. The van der Waals surface area contributed by atoms with E-state index in [2.05, 4.69) is 0 Å². The van der Waals surface area contributed by atoms with Crippen LogP contribution in [-0.2, 0) is 6.54 Å². The van der Waals surface area contributed by atoms with E-state index in [1.54, 1.807) is 0 Å². The van der Waals surface area contributed by atoms with Gasteiger partial charge in [0.25, 0.3) is 5.91 Å². The molecule has 0 bridgehead atoms. The molecule has 1 atom stereocenters. The van der Waals surface area contributed by atoms with Crippen LogP contribution >= 0.6 is 0 Å². The van der Waals surface area contributed by atoms with Crippen LogP contribution in [0, 0.1) is 11.3 Å². The topological polar surface area (TPSA) is 144 Å². The highest BCUT2D eigenvalue weighted by Gasteiger charge is 2.35. The third kappa shape index (κ3) is 2.32. The van der Waals surface area contributed by atoms with Gasteiger partial charge in [0, 0.05) is 12.7 Å². The first-order valence-corrected chi connectivity index (χ1v) is 5.94. The van der Waals surface area contributed by atoms with Gasteiger partial charge in [-0.15, -0.1) is 0 Å². The molecule has 0 radical (unpaired) electrons. The maximum atomic E-state index is 12.2. The zero-order valence-electron chi connectivity index (χ0n) is 10.7. The molecule has 0 saturated heterocycles. The van der Waals surface area contributed by atoms with Crippen molar-refractivity contribution in [3.63, 3.8) is 0 Å². The van der Waals surface area contributed by atoms with Gasteiger partial charge >= 0.3 is 5.97 Å². The van der Waals surface area contributed by atoms with Crippen LogP contribution in [0.1, 0.15) is 27.3 Å². The second kappa shape index (κ2) is 5.26. The van der Waals surface area contributed by atoms with Gasteiger partial charge in [0.05, 0.1) is 19.0 Å². The maximum absolute atomic E-state index is 12.2. The van der Waals surface area contributed by atoms with Crippen LogP contribution in [0.5, 0.6) is 5.75 Å². The number of carboxylic acids is 1. The molecule has 1 aromatic rings. The summed E-state index contributed by atoms with van der Waals surface area (Å²) in [6, 6.07) is 1.82. The van der Waals surface area contributed by atoms with Crippen LogP contribution in [0.4, 0.5) is 0 Å². The molecule has 21 heavy (non-hydrogen) atoms. The molecule has 2 heterocycles. The van der Waals surface area contributed by atoms with Gasteiger partial charge in [-0.25, -0.2) is 4.79 Å². The first kappa shape index (κ1) is 14.5. The van der Waals surface area contributed by atoms with E-state index in [-0.39, 0.29) is 19.5 Å². The highest BCUT2D eigenvalue weighted by Crippen LogP contribution is 2.22. The molecular formula is C12H11N3O6. The highest BCUT2D eigenvalue weighted by molar-refractivity contribution is 5.97. The maximum Gasteiger partial charge on any atom is 0.341 e. The summed E-state index contributed by atoms with van der Waals surface area (Å²) >= 11 is 0. The molecule has 2 rings (SSSR count). The fourth-order valence-corrected chi connectivity index (χ4v) is 2.14. The minimum atomic E-state index is -1.54. The predicted octanol–water partition coefficient (Wildman–Crippen LogP) is -1.06. The number of carbonyl (C=O) groups is 2. The van der Waals surface area contributed by atoms with Crippen molar-refractivity contribution in [1.29, 1.82) is 5.26 Å². The predicted molar refractivity (Wildman–Crippen MR) is 66.6 cm³/mol. The van der Waals surface area contributed by atoms with Crippen molar-refractivity contribution in [2.24, 2.45) is 0 Å². The number of aromatic hydroxyl groups is 1. The van der Waals surface area contributed by atoms with Crippen molar-refractivity contribution in [3.05, 3.63) is 27.7 Å². The fraction of sp³-hybridized carbons (Fsp3) is 0.333. The molecule has 9 nitrogen and oxygen atoms in total. The van der Waals surface area contributed by atoms with E-state index in [1.165, 1.54) is 0 Å². The number of pyridine rings is 1. The molecule has 0 saturated carbocycles. The summed E-state index contributed by atoms with van der Waals surface area (Å²) < 4.78 is 1.02. The van der Waals surface area contributed by atoms with E-state index < -0.39 is 40.5 Å². The Balaban J connectivity index is 2.56. The number of hydrogen-bond acceptors (Lipinski definition) is 6. The summed E-state index contributed by atoms with van der Waals surface area (Å²) in [6.07, 6.45) is -0.398. The standard InChI is InChI=1S/C12H11N3O6/c13-2-1-3-15-7(16)5-14-4-6(12(20)21)9(17)10(18)8(14)11(15)19/h4,7,16,18H,1,3,5H2,(H,20,21). The third-order valence-corrected chi connectivity index (χ3v) is 3.13. The second-order valence-corrected chi connectivity index (χ2v) is 4.41. The van der Waals surface area contributed by atoms with Gasteiger partial charge < -0.3 is 24.8 Å². The summed E-state index contributed by atoms with van der Waals surface area (Å²) in [5.41, 5.74) is -2.26. The molecule has 1 aliphatic heterocycles. The van der Waals surface area contributed by atoms with Crippen molar-refractivity contribution < 1.29 is 24.9 Å². The van der Waals surface area contributed by atoms with Gasteiger partial charge in [0.2, 0.25) is 5.43 Å². The molecule has 110 valence electrons. The lowest BCUT2D eigenvalue weighted by atomic mass is 10.1. The molecule has 1 amide bonds. The van der Waals surface area contributed by atoms with Crippen LogP contribution in [0.25, 0.3) is 0 Å². The number of amides is 1. The van der Waals surface area contributed by atoms with Crippen LogP contribution in [-0.4, -0.2) is 49.4 Å². The van der Waals surface area contributed by atoms with Crippen molar-refractivity contribution in [3.8, 4) is 11.8 Å². The van der Waals surface area contributed by atoms with Crippen molar-refractivity contribution in [1.82, 2.24) is 9.47 Å². The van der Waals surface area contributed by atoms with Crippen LogP contribution in [0.15, 0.2) is 11.0 Å². The molecular weight excluding hydrogens is 282 g/mol. The van der Waals surface area contributed by atoms with E-state index in [0.717, 1.165) is 15.7 Å². The molecule has 1 aromatic heterocycles. The van der Waals surface area contributed by atoms with E-state index >= 15 is 0 Å². The minimum absolute atomic E-state index is 0.0268. The number of aliphatic hydroxyl groups excluding tert-OH is 1. The van der Waals surface area contributed by atoms with Crippen LogP contribution < -0.4 is 5.43 Å². The lowest BCUT2D eigenvalue weighted by molar-refractivity contribution is -0.0114. The molecule has 9 heteroatoms. The third-order valence-electron chi connectivity index (χ3n) is 3.13. The van der Waals surface area contributed by atoms with Gasteiger partial charge in [-0.1, -0.05) is 0 Å².